The number of carbonyl (C=O) groups excluding carboxylic acids is 1. The minimum absolute atomic E-state index is 0.0742. The van der Waals surface area contributed by atoms with Crippen LogP contribution in [0.1, 0.15) is 24.8 Å². The smallest absolute Gasteiger partial charge is 0.231 e. The Hall–Kier alpha value is -1.35. The standard InChI is InChI=1S/C13H18N2O/c1-10-3-5-11(6-4-10)15-12(16)13(9-14)7-2-8-13/h3-6H,2,7-9,14H2,1H3,(H,15,16). The molecule has 1 aromatic rings. The molecule has 3 heteroatoms. The molecule has 0 saturated heterocycles. The van der Waals surface area contributed by atoms with Crippen molar-refractivity contribution in [1.82, 2.24) is 0 Å². The van der Waals surface area contributed by atoms with Crippen LogP contribution in [0, 0.1) is 12.3 Å². The van der Waals surface area contributed by atoms with Gasteiger partial charge in [0.15, 0.2) is 0 Å². The Morgan fingerprint density at radius 1 is 1.38 bits per heavy atom. The van der Waals surface area contributed by atoms with Gasteiger partial charge in [0.2, 0.25) is 5.91 Å². The van der Waals surface area contributed by atoms with Crippen molar-refractivity contribution < 1.29 is 4.79 Å². The van der Waals surface area contributed by atoms with Crippen molar-refractivity contribution in [3.8, 4) is 0 Å². The molecule has 1 amide bonds. The van der Waals surface area contributed by atoms with Crippen molar-refractivity contribution in [1.29, 1.82) is 0 Å². The average molecular weight is 218 g/mol. The Morgan fingerprint density at radius 2 is 2.00 bits per heavy atom. The lowest BCUT2D eigenvalue weighted by atomic mass is 9.68. The highest BCUT2D eigenvalue weighted by molar-refractivity contribution is 5.96. The number of amides is 1. The van der Waals surface area contributed by atoms with E-state index in [2.05, 4.69) is 5.32 Å². The first-order chi connectivity index (χ1) is 7.66. The number of benzene rings is 1. The van der Waals surface area contributed by atoms with E-state index < -0.39 is 0 Å². The second kappa shape index (κ2) is 4.26. The average Bonchev–Trinajstić information content (AvgIpc) is 2.21. The Labute approximate surface area is 96.0 Å². The van der Waals surface area contributed by atoms with Crippen LogP contribution in [0.25, 0.3) is 0 Å². The first kappa shape index (κ1) is 11.1. The predicted molar refractivity (Wildman–Crippen MR) is 65.1 cm³/mol. The number of rotatable bonds is 3. The summed E-state index contributed by atoms with van der Waals surface area (Å²) in [5.74, 6) is 0.0742. The molecule has 1 aliphatic rings. The van der Waals surface area contributed by atoms with Gasteiger partial charge in [-0.3, -0.25) is 4.79 Å². The largest absolute Gasteiger partial charge is 0.329 e. The predicted octanol–water partition coefficient (Wildman–Crippen LogP) is 2.06. The molecule has 16 heavy (non-hydrogen) atoms. The van der Waals surface area contributed by atoms with Gasteiger partial charge in [-0.1, -0.05) is 24.1 Å². The van der Waals surface area contributed by atoms with Crippen molar-refractivity contribution in [2.45, 2.75) is 26.2 Å². The maximum absolute atomic E-state index is 12.0. The molecular formula is C13H18N2O. The number of carbonyl (C=O) groups is 1. The molecule has 3 N–H and O–H groups in total. The van der Waals surface area contributed by atoms with Crippen LogP contribution in [-0.2, 0) is 4.79 Å². The zero-order chi connectivity index (χ0) is 11.6. The van der Waals surface area contributed by atoms with Crippen molar-refractivity contribution in [2.24, 2.45) is 11.1 Å². The van der Waals surface area contributed by atoms with Crippen LogP contribution in [0.5, 0.6) is 0 Å². The Balaban J connectivity index is 2.04. The Kier molecular flexibility index (Phi) is 2.97. The van der Waals surface area contributed by atoms with Gasteiger partial charge < -0.3 is 11.1 Å². The van der Waals surface area contributed by atoms with E-state index in [0.29, 0.717) is 6.54 Å². The zero-order valence-electron chi connectivity index (χ0n) is 9.62. The molecule has 1 fully saturated rings. The van der Waals surface area contributed by atoms with Gasteiger partial charge in [0, 0.05) is 12.2 Å². The van der Waals surface area contributed by atoms with Crippen LogP contribution in [0.15, 0.2) is 24.3 Å². The maximum Gasteiger partial charge on any atom is 0.231 e. The molecule has 1 aliphatic carbocycles. The van der Waals surface area contributed by atoms with Crippen LogP contribution < -0.4 is 11.1 Å². The van der Waals surface area contributed by atoms with E-state index in [9.17, 15) is 4.79 Å². The molecule has 0 heterocycles. The van der Waals surface area contributed by atoms with Crippen molar-refractivity contribution >= 4 is 11.6 Å². The molecule has 0 bridgehead atoms. The first-order valence-electron chi connectivity index (χ1n) is 5.74. The number of hydrogen-bond donors (Lipinski definition) is 2. The molecule has 1 saturated carbocycles. The summed E-state index contributed by atoms with van der Waals surface area (Å²) in [5.41, 5.74) is 7.43. The van der Waals surface area contributed by atoms with E-state index in [-0.39, 0.29) is 11.3 Å². The normalized spacial score (nSPS) is 17.6. The quantitative estimate of drug-likeness (QED) is 0.816. The van der Waals surface area contributed by atoms with Gasteiger partial charge in [-0.05, 0) is 31.9 Å². The minimum Gasteiger partial charge on any atom is -0.329 e. The molecule has 0 spiro atoms. The van der Waals surface area contributed by atoms with E-state index in [1.54, 1.807) is 0 Å². The second-order valence-corrected chi connectivity index (χ2v) is 4.66. The van der Waals surface area contributed by atoms with Gasteiger partial charge in [0.05, 0.1) is 5.41 Å². The molecule has 0 radical (unpaired) electrons. The van der Waals surface area contributed by atoms with Crippen LogP contribution >= 0.6 is 0 Å². The summed E-state index contributed by atoms with van der Waals surface area (Å²) < 4.78 is 0. The summed E-state index contributed by atoms with van der Waals surface area (Å²) >= 11 is 0. The third-order valence-electron chi connectivity index (χ3n) is 3.49. The highest BCUT2D eigenvalue weighted by Crippen LogP contribution is 2.40. The summed E-state index contributed by atoms with van der Waals surface area (Å²) in [5, 5.41) is 2.94. The van der Waals surface area contributed by atoms with Crippen LogP contribution in [0.4, 0.5) is 5.69 Å². The number of anilines is 1. The number of nitrogens with one attached hydrogen (secondary N) is 1. The number of hydrogen-bond acceptors (Lipinski definition) is 2. The highest BCUT2D eigenvalue weighted by Gasteiger charge is 2.42. The minimum atomic E-state index is -0.301. The third kappa shape index (κ3) is 1.95. The van der Waals surface area contributed by atoms with Gasteiger partial charge in [0.1, 0.15) is 0 Å². The van der Waals surface area contributed by atoms with E-state index in [4.69, 9.17) is 5.73 Å². The van der Waals surface area contributed by atoms with Gasteiger partial charge in [0.25, 0.3) is 0 Å². The van der Waals surface area contributed by atoms with E-state index in [1.165, 1.54) is 5.56 Å². The Bertz CT molecular complexity index is 374. The molecular weight excluding hydrogens is 200 g/mol. The monoisotopic (exact) mass is 218 g/mol. The Morgan fingerprint density at radius 3 is 2.44 bits per heavy atom. The lowest BCUT2D eigenvalue weighted by molar-refractivity contribution is -0.129. The van der Waals surface area contributed by atoms with E-state index in [0.717, 1.165) is 24.9 Å². The second-order valence-electron chi connectivity index (χ2n) is 4.66. The summed E-state index contributed by atoms with van der Waals surface area (Å²) in [4.78, 5) is 12.0. The zero-order valence-corrected chi connectivity index (χ0v) is 9.62. The topological polar surface area (TPSA) is 55.1 Å². The molecule has 0 aliphatic heterocycles. The van der Waals surface area contributed by atoms with Gasteiger partial charge in [-0.2, -0.15) is 0 Å². The molecule has 0 atom stereocenters. The fourth-order valence-electron chi connectivity index (χ4n) is 2.03. The number of aryl methyl sites for hydroxylation is 1. The van der Waals surface area contributed by atoms with Crippen LogP contribution in [-0.4, -0.2) is 12.5 Å². The lowest BCUT2D eigenvalue weighted by Crippen LogP contribution is -2.47. The molecule has 86 valence electrons. The van der Waals surface area contributed by atoms with Gasteiger partial charge in [-0.25, -0.2) is 0 Å². The number of nitrogens with two attached hydrogens (primary N) is 1. The maximum atomic E-state index is 12.0. The van der Waals surface area contributed by atoms with Crippen LogP contribution in [0.2, 0.25) is 0 Å². The van der Waals surface area contributed by atoms with Crippen molar-refractivity contribution in [3.05, 3.63) is 29.8 Å². The molecule has 0 unspecified atom stereocenters. The van der Waals surface area contributed by atoms with Crippen molar-refractivity contribution in [3.63, 3.8) is 0 Å². The summed E-state index contributed by atoms with van der Waals surface area (Å²) in [6, 6.07) is 7.84. The summed E-state index contributed by atoms with van der Waals surface area (Å²) in [6.45, 7) is 2.48. The molecule has 0 aromatic heterocycles. The fourth-order valence-corrected chi connectivity index (χ4v) is 2.03. The molecule has 1 aromatic carbocycles. The van der Waals surface area contributed by atoms with Gasteiger partial charge >= 0.3 is 0 Å². The van der Waals surface area contributed by atoms with E-state index in [1.807, 2.05) is 31.2 Å². The molecule has 2 rings (SSSR count). The van der Waals surface area contributed by atoms with Crippen LogP contribution in [0.3, 0.4) is 0 Å². The lowest BCUT2D eigenvalue weighted by Gasteiger charge is -2.39. The summed E-state index contributed by atoms with van der Waals surface area (Å²) in [7, 11) is 0. The third-order valence-corrected chi connectivity index (χ3v) is 3.49. The van der Waals surface area contributed by atoms with Crippen molar-refractivity contribution in [2.75, 3.05) is 11.9 Å². The fraction of sp³-hybridized carbons (Fsp3) is 0.462. The van der Waals surface area contributed by atoms with E-state index >= 15 is 0 Å². The summed E-state index contributed by atoms with van der Waals surface area (Å²) in [6.07, 6.45) is 2.95. The highest BCUT2D eigenvalue weighted by atomic mass is 16.2. The van der Waals surface area contributed by atoms with Gasteiger partial charge in [-0.15, -0.1) is 0 Å². The molecule has 3 nitrogen and oxygen atoms in total. The first-order valence-corrected chi connectivity index (χ1v) is 5.74. The SMILES string of the molecule is Cc1ccc(NC(=O)C2(CN)CCC2)cc1.